The van der Waals surface area contributed by atoms with E-state index in [2.05, 4.69) is 5.32 Å². The zero-order valence-electron chi connectivity index (χ0n) is 13.7. The molecule has 2 fully saturated rings. The van der Waals surface area contributed by atoms with E-state index in [1.165, 1.54) is 0 Å². The van der Waals surface area contributed by atoms with Crippen molar-refractivity contribution < 1.29 is 19.4 Å². The van der Waals surface area contributed by atoms with Gasteiger partial charge < -0.3 is 19.7 Å². The Morgan fingerprint density at radius 2 is 2.17 bits per heavy atom. The number of carbonyl (C=O) groups excluding carboxylic acids is 1. The van der Waals surface area contributed by atoms with Gasteiger partial charge in [0.2, 0.25) is 0 Å². The number of carboxylic acid groups (broad SMARTS) is 1. The van der Waals surface area contributed by atoms with Gasteiger partial charge in [-0.15, -0.1) is 0 Å². The molecule has 0 bridgehead atoms. The van der Waals surface area contributed by atoms with Gasteiger partial charge in [0.05, 0.1) is 17.1 Å². The molecule has 1 saturated carbocycles. The van der Waals surface area contributed by atoms with Crippen molar-refractivity contribution in [1.29, 1.82) is 0 Å². The van der Waals surface area contributed by atoms with E-state index in [4.69, 9.17) is 9.84 Å². The lowest BCUT2D eigenvalue weighted by Crippen LogP contribution is -2.56. The summed E-state index contributed by atoms with van der Waals surface area (Å²) in [5, 5.41) is 12.2. The molecule has 0 aromatic carbocycles. The van der Waals surface area contributed by atoms with Crippen LogP contribution < -0.4 is 5.32 Å². The van der Waals surface area contributed by atoms with Crippen LogP contribution in [0.1, 0.15) is 48.7 Å². The van der Waals surface area contributed by atoms with Gasteiger partial charge in [-0.2, -0.15) is 0 Å². The van der Waals surface area contributed by atoms with Gasteiger partial charge in [0, 0.05) is 31.6 Å². The minimum absolute atomic E-state index is 0.0430. The highest BCUT2D eigenvalue weighted by molar-refractivity contribution is 5.95. The molecule has 1 aromatic rings. The Morgan fingerprint density at radius 3 is 2.83 bits per heavy atom. The highest BCUT2D eigenvalue weighted by Gasteiger charge is 2.51. The molecule has 1 aromatic heterocycles. The van der Waals surface area contributed by atoms with Crippen molar-refractivity contribution >= 4 is 11.9 Å². The number of hydrogen-bond donors (Lipinski definition) is 2. The van der Waals surface area contributed by atoms with Crippen molar-refractivity contribution in [2.75, 3.05) is 6.61 Å². The second kappa shape index (κ2) is 6.00. The van der Waals surface area contributed by atoms with Crippen molar-refractivity contribution in [2.45, 2.75) is 50.7 Å². The maximum atomic E-state index is 12.5. The number of hydrogen-bond acceptors (Lipinski definition) is 3. The monoisotopic (exact) mass is 320 g/mol. The maximum Gasteiger partial charge on any atom is 0.306 e. The summed E-state index contributed by atoms with van der Waals surface area (Å²) in [6.45, 7) is 2.61. The number of amides is 1. The molecule has 1 saturated heterocycles. The first kappa shape index (κ1) is 16.1. The Hall–Kier alpha value is -1.82. The minimum atomic E-state index is -0.748. The first-order chi connectivity index (χ1) is 10.9. The fraction of sp³-hybridized carbons (Fsp3) is 0.647. The van der Waals surface area contributed by atoms with Gasteiger partial charge in [0.25, 0.3) is 5.91 Å². The van der Waals surface area contributed by atoms with Crippen molar-refractivity contribution in [3.63, 3.8) is 0 Å². The van der Waals surface area contributed by atoms with Crippen molar-refractivity contribution in [3.05, 3.63) is 23.5 Å². The number of nitrogens with zero attached hydrogens (tertiary/aromatic N) is 1. The van der Waals surface area contributed by atoms with Crippen LogP contribution in [0.15, 0.2) is 12.3 Å². The SMILES string of the molecule is CCc1c(C(=O)NC2CCOC3(C2)CC(C(=O)O)C3)ccn1C. The first-order valence-corrected chi connectivity index (χ1v) is 8.26. The molecule has 6 nitrogen and oxygen atoms in total. The molecular weight excluding hydrogens is 296 g/mol. The summed E-state index contributed by atoms with van der Waals surface area (Å²) in [7, 11) is 1.94. The van der Waals surface area contributed by atoms with E-state index < -0.39 is 5.97 Å². The topological polar surface area (TPSA) is 80.6 Å². The molecule has 2 heterocycles. The smallest absolute Gasteiger partial charge is 0.306 e. The highest BCUT2D eigenvalue weighted by Crippen LogP contribution is 2.46. The molecule has 1 aliphatic heterocycles. The van der Waals surface area contributed by atoms with Crippen LogP contribution >= 0.6 is 0 Å². The van der Waals surface area contributed by atoms with Gasteiger partial charge in [0.15, 0.2) is 0 Å². The van der Waals surface area contributed by atoms with E-state index in [1.807, 2.05) is 30.8 Å². The van der Waals surface area contributed by atoms with Gasteiger partial charge in [-0.3, -0.25) is 9.59 Å². The van der Waals surface area contributed by atoms with Crippen LogP contribution in [0.2, 0.25) is 0 Å². The van der Waals surface area contributed by atoms with Crippen LogP contribution in [0.4, 0.5) is 0 Å². The molecular formula is C17H24N2O4. The van der Waals surface area contributed by atoms with Gasteiger partial charge in [-0.1, -0.05) is 6.92 Å². The Bertz CT molecular complexity index is 616. The Labute approximate surface area is 135 Å². The largest absolute Gasteiger partial charge is 0.481 e. The molecule has 1 aliphatic carbocycles. The summed E-state index contributed by atoms with van der Waals surface area (Å²) < 4.78 is 7.81. The predicted octanol–water partition coefficient (Wildman–Crippen LogP) is 1.73. The van der Waals surface area contributed by atoms with Gasteiger partial charge in [-0.25, -0.2) is 0 Å². The fourth-order valence-electron chi connectivity index (χ4n) is 3.92. The predicted molar refractivity (Wildman–Crippen MR) is 84.3 cm³/mol. The molecule has 1 amide bonds. The lowest BCUT2D eigenvalue weighted by Gasteiger charge is -2.50. The molecule has 0 radical (unpaired) electrons. The number of carboxylic acids is 1. The number of carbonyl (C=O) groups is 2. The normalized spacial score (nSPS) is 30.0. The standard InChI is InChI=1S/C17H24N2O4/c1-3-14-13(4-6-19(14)2)15(20)18-12-5-7-23-17(10-12)8-11(9-17)16(21)22/h4,6,11-12H,3,5,7-10H2,1-2H3,(H,18,20)(H,21,22). The van der Waals surface area contributed by atoms with E-state index in [0.29, 0.717) is 25.9 Å². The Morgan fingerprint density at radius 1 is 1.43 bits per heavy atom. The Kier molecular flexibility index (Phi) is 4.19. The van der Waals surface area contributed by atoms with Crippen molar-refractivity contribution in [3.8, 4) is 0 Å². The van der Waals surface area contributed by atoms with Crippen molar-refractivity contribution in [1.82, 2.24) is 9.88 Å². The zero-order valence-corrected chi connectivity index (χ0v) is 13.7. The number of aliphatic carboxylic acids is 1. The molecule has 6 heteroatoms. The van der Waals surface area contributed by atoms with E-state index in [-0.39, 0.29) is 23.5 Å². The lowest BCUT2D eigenvalue weighted by atomic mass is 9.66. The van der Waals surface area contributed by atoms with E-state index in [1.54, 1.807) is 0 Å². The molecule has 1 atom stereocenters. The van der Waals surface area contributed by atoms with Crippen LogP contribution in [0.25, 0.3) is 0 Å². The molecule has 1 unspecified atom stereocenters. The fourth-order valence-corrected chi connectivity index (χ4v) is 3.92. The van der Waals surface area contributed by atoms with Crippen LogP contribution in [0.3, 0.4) is 0 Å². The maximum absolute atomic E-state index is 12.5. The molecule has 2 aliphatic rings. The molecule has 3 rings (SSSR count). The molecule has 23 heavy (non-hydrogen) atoms. The average Bonchev–Trinajstić information content (AvgIpc) is 2.85. The van der Waals surface area contributed by atoms with Crippen LogP contribution in [0.5, 0.6) is 0 Å². The lowest BCUT2D eigenvalue weighted by molar-refractivity contribution is -0.181. The number of aryl methyl sites for hydroxylation is 1. The number of ether oxygens (including phenoxy) is 1. The quantitative estimate of drug-likeness (QED) is 0.885. The Balaban J connectivity index is 1.62. The van der Waals surface area contributed by atoms with Gasteiger partial charge >= 0.3 is 5.97 Å². The third kappa shape index (κ3) is 3.00. The summed E-state index contributed by atoms with van der Waals surface area (Å²) in [6, 6.07) is 1.91. The zero-order chi connectivity index (χ0) is 16.6. The van der Waals surface area contributed by atoms with E-state index >= 15 is 0 Å². The van der Waals surface area contributed by atoms with E-state index in [9.17, 15) is 9.59 Å². The second-order valence-electron chi connectivity index (χ2n) is 6.78. The summed E-state index contributed by atoms with van der Waals surface area (Å²) in [5.41, 5.74) is 1.41. The third-order valence-corrected chi connectivity index (χ3v) is 5.20. The van der Waals surface area contributed by atoms with Crippen LogP contribution in [-0.2, 0) is 23.0 Å². The van der Waals surface area contributed by atoms with E-state index in [0.717, 1.165) is 24.1 Å². The number of rotatable bonds is 4. The second-order valence-corrected chi connectivity index (χ2v) is 6.78. The minimum Gasteiger partial charge on any atom is -0.481 e. The summed E-state index contributed by atoms with van der Waals surface area (Å²) >= 11 is 0. The molecule has 1 spiro atoms. The molecule has 2 N–H and O–H groups in total. The molecule has 126 valence electrons. The van der Waals surface area contributed by atoms with Crippen LogP contribution in [0, 0.1) is 5.92 Å². The summed E-state index contributed by atoms with van der Waals surface area (Å²) in [6.07, 6.45) is 5.31. The van der Waals surface area contributed by atoms with Crippen LogP contribution in [-0.4, -0.2) is 39.8 Å². The highest BCUT2D eigenvalue weighted by atomic mass is 16.5. The van der Waals surface area contributed by atoms with Crippen molar-refractivity contribution in [2.24, 2.45) is 13.0 Å². The van der Waals surface area contributed by atoms with Gasteiger partial charge in [-0.05, 0) is 38.2 Å². The summed E-state index contributed by atoms with van der Waals surface area (Å²) in [5.74, 6) is -1.09. The first-order valence-electron chi connectivity index (χ1n) is 8.26. The average molecular weight is 320 g/mol. The summed E-state index contributed by atoms with van der Waals surface area (Å²) in [4.78, 5) is 23.5. The van der Waals surface area contributed by atoms with Gasteiger partial charge in [0.1, 0.15) is 0 Å². The third-order valence-electron chi connectivity index (χ3n) is 5.20. The number of nitrogens with one attached hydrogen (secondary N) is 1. The number of aromatic nitrogens is 1.